The van der Waals surface area contributed by atoms with Crippen LogP contribution in [0.15, 0.2) is 61.2 Å². The molecule has 0 aliphatic heterocycles. The summed E-state index contributed by atoms with van der Waals surface area (Å²) in [5.41, 5.74) is 9.84. The number of pyridine rings is 1. The summed E-state index contributed by atoms with van der Waals surface area (Å²) in [7, 11) is 0. The second-order valence-electron chi connectivity index (χ2n) is 7.16. The molecule has 9 heteroatoms. The summed E-state index contributed by atoms with van der Waals surface area (Å²) in [5.74, 6) is 0.0846. The first kappa shape index (κ1) is 20.5. The molecular weight excluding hydrogens is 407 g/mol. The van der Waals surface area contributed by atoms with Crippen LogP contribution in [0, 0.1) is 0 Å². The molecule has 4 aromatic rings. The largest absolute Gasteiger partial charge is 0.396 e. The molecule has 0 spiro atoms. The average Bonchev–Trinajstić information content (AvgIpc) is 3.16. The maximum absolute atomic E-state index is 12.3. The first-order valence-electron chi connectivity index (χ1n) is 9.51. The summed E-state index contributed by atoms with van der Waals surface area (Å²) in [6.07, 6.45) is 0.624. The van der Waals surface area contributed by atoms with Crippen LogP contribution in [0.1, 0.15) is 18.4 Å². The zero-order valence-electron chi connectivity index (χ0n) is 16.3. The smallest absolute Gasteiger partial charge is 0.389 e. The van der Waals surface area contributed by atoms with Crippen molar-refractivity contribution in [2.45, 2.75) is 25.4 Å². The molecule has 0 saturated carbocycles. The first-order chi connectivity index (χ1) is 14.8. The molecule has 0 bridgehead atoms. The van der Waals surface area contributed by atoms with Gasteiger partial charge in [0, 0.05) is 30.2 Å². The van der Waals surface area contributed by atoms with E-state index in [0.29, 0.717) is 22.7 Å². The monoisotopic (exact) mass is 425 g/mol. The summed E-state index contributed by atoms with van der Waals surface area (Å²) in [4.78, 5) is 24.8. The number of hydrogen-bond acceptors (Lipinski definition) is 5. The van der Waals surface area contributed by atoms with Gasteiger partial charge in [0.25, 0.3) is 0 Å². The summed E-state index contributed by atoms with van der Waals surface area (Å²) in [5, 5.41) is 0. The number of hydrogen-bond donors (Lipinski definition) is 1. The maximum Gasteiger partial charge on any atom is 0.389 e. The molecule has 4 rings (SSSR count). The highest BCUT2D eigenvalue weighted by molar-refractivity contribution is 5.81. The van der Waals surface area contributed by atoms with Crippen LogP contribution < -0.4 is 5.73 Å². The highest BCUT2D eigenvalue weighted by Gasteiger charge is 2.27. The molecule has 158 valence electrons. The molecule has 0 unspecified atom stereocenters. The lowest BCUT2D eigenvalue weighted by Gasteiger charge is -2.08. The number of carbonyl (C=O) groups is 1. The van der Waals surface area contributed by atoms with E-state index >= 15 is 0 Å². The van der Waals surface area contributed by atoms with Crippen molar-refractivity contribution in [1.82, 2.24) is 19.4 Å². The Morgan fingerprint density at radius 1 is 1.00 bits per heavy atom. The SMILES string of the molecule is Nc1cnc(-c2ccn3c(-c4cccc(CC(=O)CCC(F)(F)F)c4)cnc3c2)nc1. The number of halogens is 3. The molecule has 3 aromatic heterocycles. The zero-order valence-corrected chi connectivity index (χ0v) is 16.3. The average molecular weight is 425 g/mol. The predicted molar refractivity (Wildman–Crippen MR) is 110 cm³/mol. The van der Waals surface area contributed by atoms with E-state index in [2.05, 4.69) is 15.0 Å². The number of carbonyl (C=O) groups excluding carboxylic acids is 1. The Hall–Kier alpha value is -3.75. The zero-order chi connectivity index (χ0) is 22.0. The third-order valence-electron chi connectivity index (χ3n) is 4.75. The van der Waals surface area contributed by atoms with E-state index in [1.807, 2.05) is 28.8 Å². The van der Waals surface area contributed by atoms with Crippen LogP contribution in [-0.2, 0) is 11.2 Å². The van der Waals surface area contributed by atoms with Crippen molar-refractivity contribution in [2.24, 2.45) is 0 Å². The molecule has 3 heterocycles. The number of nitrogens with two attached hydrogens (primary N) is 1. The summed E-state index contributed by atoms with van der Waals surface area (Å²) >= 11 is 0. The minimum absolute atomic E-state index is 0.0424. The van der Waals surface area contributed by atoms with Gasteiger partial charge in [0.1, 0.15) is 11.4 Å². The molecule has 0 amide bonds. The molecular formula is C22H18F3N5O. The predicted octanol–water partition coefficient (Wildman–Crippen LogP) is 4.49. The van der Waals surface area contributed by atoms with Crippen molar-refractivity contribution in [3.63, 3.8) is 0 Å². The van der Waals surface area contributed by atoms with Gasteiger partial charge in [-0.2, -0.15) is 13.2 Å². The van der Waals surface area contributed by atoms with Gasteiger partial charge in [0.15, 0.2) is 5.82 Å². The van der Waals surface area contributed by atoms with Gasteiger partial charge in [-0.1, -0.05) is 18.2 Å². The molecule has 0 atom stereocenters. The van der Waals surface area contributed by atoms with E-state index in [9.17, 15) is 18.0 Å². The van der Waals surface area contributed by atoms with Crippen LogP contribution in [-0.4, -0.2) is 31.3 Å². The Balaban J connectivity index is 1.57. The number of benzene rings is 1. The molecule has 0 aliphatic carbocycles. The minimum atomic E-state index is -4.33. The summed E-state index contributed by atoms with van der Waals surface area (Å²) < 4.78 is 38.9. The number of anilines is 1. The van der Waals surface area contributed by atoms with Gasteiger partial charge in [-0.05, 0) is 23.8 Å². The van der Waals surface area contributed by atoms with Crippen LogP contribution in [0.3, 0.4) is 0 Å². The summed E-state index contributed by atoms with van der Waals surface area (Å²) in [6, 6.07) is 10.9. The third kappa shape index (κ3) is 4.88. The van der Waals surface area contributed by atoms with Gasteiger partial charge >= 0.3 is 6.18 Å². The van der Waals surface area contributed by atoms with Gasteiger partial charge < -0.3 is 5.73 Å². The number of rotatable bonds is 6. The van der Waals surface area contributed by atoms with Crippen molar-refractivity contribution in [3.8, 4) is 22.6 Å². The van der Waals surface area contributed by atoms with Crippen molar-refractivity contribution >= 4 is 17.1 Å². The second kappa shape index (κ2) is 8.17. The van der Waals surface area contributed by atoms with E-state index in [1.165, 1.54) is 12.4 Å². The summed E-state index contributed by atoms with van der Waals surface area (Å²) in [6.45, 7) is 0. The highest BCUT2D eigenvalue weighted by Crippen LogP contribution is 2.26. The van der Waals surface area contributed by atoms with Gasteiger partial charge in [-0.25, -0.2) is 15.0 Å². The third-order valence-corrected chi connectivity index (χ3v) is 4.75. The molecule has 6 nitrogen and oxygen atoms in total. The molecule has 31 heavy (non-hydrogen) atoms. The van der Waals surface area contributed by atoms with Crippen LogP contribution in [0.25, 0.3) is 28.3 Å². The van der Waals surface area contributed by atoms with E-state index < -0.39 is 24.8 Å². The Morgan fingerprint density at radius 3 is 2.52 bits per heavy atom. The number of nitrogen functional groups attached to an aromatic ring is 1. The van der Waals surface area contributed by atoms with Gasteiger partial charge in [0.2, 0.25) is 0 Å². The number of fused-ring (bicyclic) bond motifs is 1. The first-order valence-corrected chi connectivity index (χ1v) is 9.51. The molecule has 0 radical (unpaired) electrons. The number of nitrogens with zero attached hydrogens (tertiary/aromatic N) is 4. The van der Waals surface area contributed by atoms with Crippen LogP contribution in [0.2, 0.25) is 0 Å². The fourth-order valence-corrected chi connectivity index (χ4v) is 3.26. The van der Waals surface area contributed by atoms with Gasteiger partial charge in [0.05, 0.1) is 36.4 Å². The molecule has 0 aliphatic rings. The number of imidazole rings is 1. The van der Waals surface area contributed by atoms with E-state index in [0.717, 1.165) is 16.8 Å². The van der Waals surface area contributed by atoms with Crippen molar-refractivity contribution in [3.05, 3.63) is 66.7 Å². The molecule has 0 fully saturated rings. The number of Topliss-reactive ketones (excluding diaryl/α,β-unsaturated/α-hetero) is 1. The van der Waals surface area contributed by atoms with Crippen LogP contribution in [0.5, 0.6) is 0 Å². The number of aromatic nitrogens is 4. The Labute approximate surface area is 175 Å². The van der Waals surface area contributed by atoms with Gasteiger partial charge in [-0.3, -0.25) is 9.20 Å². The van der Waals surface area contributed by atoms with E-state index in [-0.39, 0.29) is 6.42 Å². The van der Waals surface area contributed by atoms with E-state index in [1.54, 1.807) is 24.4 Å². The van der Waals surface area contributed by atoms with Crippen molar-refractivity contribution in [2.75, 3.05) is 5.73 Å². The Bertz CT molecular complexity index is 1230. The fraction of sp³-hybridized carbons (Fsp3) is 0.182. The van der Waals surface area contributed by atoms with Gasteiger partial charge in [-0.15, -0.1) is 0 Å². The van der Waals surface area contributed by atoms with E-state index in [4.69, 9.17) is 5.73 Å². The van der Waals surface area contributed by atoms with Crippen LogP contribution in [0.4, 0.5) is 18.9 Å². The number of alkyl halides is 3. The minimum Gasteiger partial charge on any atom is -0.396 e. The topological polar surface area (TPSA) is 86.2 Å². The van der Waals surface area contributed by atoms with Crippen molar-refractivity contribution < 1.29 is 18.0 Å². The number of ketones is 1. The quantitative estimate of drug-likeness (QED) is 0.492. The lowest BCUT2D eigenvalue weighted by atomic mass is 10.0. The Morgan fingerprint density at radius 2 is 1.77 bits per heavy atom. The van der Waals surface area contributed by atoms with Crippen molar-refractivity contribution in [1.29, 1.82) is 0 Å². The van der Waals surface area contributed by atoms with Crippen LogP contribution >= 0.6 is 0 Å². The highest BCUT2D eigenvalue weighted by atomic mass is 19.4. The lowest BCUT2D eigenvalue weighted by Crippen LogP contribution is -2.12. The normalized spacial score (nSPS) is 11.7. The Kier molecular flexibility index (Phi) is 5.41. The lowest BCUT2D eigenvalue weighted by molar-refractivity contribution is -0.143. The molecule has 1 aromatic carbocycles. The maximum atomic E-state index is 12.3. The second-order valence-corrected chi connectivity index (χ2v) is 7.16. The fourth-order valence-electron chi connectivity index (χ4n) is 3.26. The molecule has 2 N–H and O–H groups in total. The molecule has 0 saturated heterocycles. The standard InChI is InChI=1S/C22H18F3N5O/c23-22(24,25)6-4-18(31)9-14-2-1-3-15(8-14)19-13-27-20-10-16(5-7-30(19)20)21-28-11-17(26)12-29-21/h1-3,5,7-8,10-13H,4,6,9,26H2.